The molecule has 2 nitrogen and oxygen atoms in total. The van der Waals surface area contributed by atoms with Gasteiger partial charge in [0.1, 0.15) is 0 Å². The van der Waals surface area contributed by atoms with E-state index in [1.165, 1.54) is 32.5 Å². The summed E-state index contributed by atoms with van der Waals surface area (Å²) in [6.07, 6.45) is 2.37. The van der Waals surface area contributed by atoms with E-state index in [1.807, 2.05) is 0 Å². The highest BCUT2D eigenvalue weighted by Crippen LogP contribution is 2.15. The lowest BCUT2D eigenvalue weighted by atomic mass is 9.96. The van der Waals surface area contributed by atoms with Crippen LogP contribution >= 0.6 is 0 Å². The van der Waals surface area contributed by atoms with Crippen LogP contribution in [-0.2, 0) is 0 Å². The van der Waals surface area contributed by atoms with Gasteiger partial charge >= 0.3 is 0 Å². The van der Waals surface area contributed by atoms with Crippen LogP contribution in [0.25, 0.3) is 0 Å². The summed E-state index contributed by atoms with van der Waals surface area (Å²) >= 11 is 0. The Hall–Kier alpha value is -0.0800. The van der Waals surface area contributed by atoms with Gasteiger partial charge in [0.05, 0.1) is 0 Å². The zero-order valence-corrected chi connectivity index (χ0v) is 9.29. The summed E-state index contributed by atoms with van der Waals surface area (Å²) < 4.78 is 0. The molecule has 0 aromatic rings. The molecular formula is C11H24N2. The third-order valence-electron chi connectivity index (χ3n) is 3.32. The van der Waals surface area contributed by atoms with Crippen LogP contribution in [0.1, 0.15) is 33.6 Å². The molecule has 1 unspecified atom stereocenters. The van der Waals surface area contributed by atoms with E-state index in [2.05, 4.69) is 25.7 Å². The monoisotopic (exact) mass is 184 g/mol. The summed E-state index contributed by atoms with van der Waals surface area (Å²) in [7, 11) is 0. The second kappa shape index (κ2) is 4.97. The molecule has 0 aromatic heterocycles. The van der Waals surface area contributed by atoms with Crippen LogP contribution in [0, 0.1) is 11.8 Å². The Morgan fingerprint density at radius 2 is 1.77 bits per heavy atom. The second-order valence-corrected chi connectivity index (χ2v) is 4.86. The van der Waals surface area contributed by atoms with E-state index in [0.717, 1.165) is 11.8 Å². The second-order valence-electron chi connectivity index (χ2n) is 4.86. The number of rotatable bonds is 3. The average Bonchev–Trinajstić information content (AvgIpc) is 2.08. The number of hydrogen-bond donors (Lipinski definition) is 1. The van der Waals surface area contributed by atoms with Gasteiger partial charge in [0.2, 0.25) is 0 Å². The van der Waals surface area contributed by atoms with Crippen LogP contribution in [-0.4, -0.2) is 30.6 Å². The molecule has 0 bridgehead atoms. The van der Waals surface area contributed by atoms with Gasteiger partial charge in [0.15, 0.2) is 0 Å². The molecule has 1 heterocycles. The highest BCUT2D eigenvalue weighted by atomic mass is 15.1. The normalized spacial score (nSPS) is 23.8. The zero-order chi connectivity index (χ0) is 9.84. The van der Waals surface area contributed by atoms with E-state index in [9.17, 15) is 0 Å². The molecule has 0 radical (unpaired) electrons. The zero-order valence-electron chi connectivity index (χ0n) is 9.29. The quantitative estimate of drug-likeness (QED) is 0.723. The van der Waals surface area contributed by atoms with Crippen LogP contribution in [0.3, 0.4) is 0 Å². The van der Waals surface area contributed by atoms with Gasteiger partial charge in [-0.05, 0) is 37.8 Å². The lowest BCUT2D eigenvalue weighted by Crippen LogP contribution is -2.42. The minimum atomic E-state index is 0.464. The maximum atomic E-state index is 5.86. The SMILES string of the molecule is CC(C)C(C)CN1CCC(N)CC1. The van der Waals surface area contributed by atoms with Crippen LogP contribution < -0.4 is 5.73 Å². The lowest BCUT2D eigenvalue weighted by Gasteiger charge is -2.33. The van der Waals surface area contributed by atoms with Gasteiger partial charge in [-0.15, -0.1) is 0 Å². The van der Waals surface area contributed by atoms with Crippen molar-refractivity contribution in [2.45, 2.75) is 39.7 Å². The number of nitrogens with two attached hydrogens (primary N) is 1. The molecule has 1 rings (SSSR count). The van der Waals surface area contributed by atoms with Gasteiger partial charge in [0.25, 0.3) is 0 Å². The molecule has 0 amide bonds. The standard InChI is InChI=1S/C11H24N2/c1-9(2)10(3)8-13-6-4-11(12)5-7-13/h9-11H,4-8,12H2,1-3H3. The van der Waals surface area contributed by atoms with Crippen LogP contribution in [0.4, 0.5) is 0 Å². The summed E-state index contributed by atoms with van der Waals surface area (Å²) in [4.78, 5) is 2.56. The van der Waals surface area contributed by atoms with E-state index in [-0.39, 0.29) is 0 Å². The van der Waals surface area contributed by atoms with Gasteiger partial charge in [-0.2, -0.15) is 0 Å². The first-order valence-electron chi connectivity index (χ1n) is 5.57. The Morgan fingerprint density at radius 3 is 2.23 bits per heavy atom. The molecule has 0 saturated carbocycles. The lowest BCUT2D eigenvalue weighted by molar-refractivity contribution is 0.171. The average molecular weight is 184 g/mol. The van der Waals surface area contributed by atoms with Crippen molar-refractivity contribution in [3.63, 3.8) is 0 Å². The maximum Gasteiger partial charge on any atom is 0.00631 e. The molecule has 0 aromatic carbocycles. The molecule has 0 aliphatic carbocycles. The first-order chi connectivity index (χ1) is 6.09. The van der Waals surface area contributed by atoms with Crippen LogP contribution in [0.5, 0.6) is 0 Å². The van der Waals surface area contributed by atoms with Crippen molar-refractivity contribution < 1.29 is 0 Å². The molecule has 1 saturated heterocycles. The fraction of sp³-hybridized carbons (Fsp3) is 1.00. The fourth-order valence-electron chi connectivity index (χ4n) is 1.75. The van der Waals surface area contributed by atoms with Crippen molar-refractivity contribution in [3.05, 3.63) is 0 Å². The summed E-state index contributed by atoms with van der Waals surface area (Å²) in [5.74, 6) is 1.62. The highest BCUT2D eigenvalue weighted by Gasteiger charge is 2.18. The summed E-state index contributed by atoms with van der Waals surface area (Å²) in [6.45, 7) is 10.6. The fourth-order valence-corrected chi connectivity index (χ4v) is 1.75. The number of hydrogen-bond acceptors (Lipinski definition) is 2. The molecule has 13 heavy (non-hydrogen) atoms. The van der Waals surface area contributed by atoms with Crippen molar-refractivity contribution in [3.8, 4) is 0 Å². The van der Waals surface area contributed by atoms with Crippen LogP contribution in [0.15, 0.2) is 0 Å². The van der Waals surface area contributed by atoms with Gasteiger partial charge in [-0.3, -0.25) is 0 Å². The van der Waals surface area contributed by atoms with Gasteiger partial charge in [-0.1, -0.05) is 20.8 Å². The molecule has 0 spiro atoms. The van der Waals surface area contributed by atoms with Crippen molar-refractivity contribution >= 4 is 0 Å². The Balaban J connectivity index is 2.22. The smallest absolute Gasteiger partial charge is 0.00631 e. The van der Waals surface area contributed by atoms with Crippen molar-refractivity contribution in [1.82, 2.24) is 4.90 Å². The minimum absolute atomic E-state index is 0.464. The first-order valence-corrected chi connectivity index (χ1v) is 5.57. The highest BCUT2D eigenvalue weighted by molar-refractivity contribution is 4.75. The van der Waals surface area contributed by atoms with Gasteiger partial charge < -0.3 is 10.6 Å². The third kappa shape index (κ3) is 3.65. The summed E-state index contributed by atoms with van der Waals surface area (Å²) in [5, 5.41) is 0. The Morgan fingerprint density at radius 1 is 1.23 bits per heavy atom. The summed E-state index contributed by atoms with van der Waals surface area (Å²) in [6, 6.07) is 0.464. The topological polar surface area (TPSA) is 29.3 Å². The summed E-state index contributed by atoms with van der Waals surface area (Å²) in [5.41, 5.74) is 5.86. The van der Waals surface area contributed by atoms with E-state index < -0.39 is 0 Å². The molecule has 78 valence electrons. The minimum Gasteiger partial charge on any atom is -0.328 e. The molecule has 1 atom stereocenters. The predicted molar refractivity (Wildman–Crippen MR) is 57.7 cm³/mol. The molecule has 1 fully saturated rings. The first kappa shape index (κ1) is 11.0. The third-order valence-corrected chi connectivity index (χ3v) is 3.32. The Bertz CT molecular complexity index is 137. The molecule has 2 N–H and O–H groups in total. The molecule has 1 aliphatic heterocycles. The van der Waals surface area contributed by atoms with Crippen molar-refractivity contribution in [2.24, 2.45) is 17.6 Å². The maximum absolute atomic E-state index is 5.86. The van der Waals surface area contributed by atoms with Crippen molar-refractivity contribution in [1.29, 1.82) is 0 Å². The van der Waals surface area contributed by atoms with E-state index in [1.54, 1.807) is 0 Å². The van der Waals surface area contributed by atoms with E-state index in [4.69, 9.17) is 5.73 Å². The molecule has 1 aliphatic rings. The number of likely N-dealkylation sites (tertiary alicyclic amines) is 1. The molecular weight excluding hydrogens is 160 g/mol. The van der Waals surface area contributed by atoms with Crippen molar-refractivity contribution in [2.75, 3.05) is 19.6 Å². The largest absolute Gasteiger partial charge is 0.328 e. The van der Waals surface area contributed by atoms with Crippen LogP contribution in [0.2, 0.25) is 0 Å². The Kier molecular flexibility index (Phi) is 4.20. The number of nitrogens with zero attached hydrogens (tertiary/aromatic N) is 1. The van der Waals surface area contributed by atoms with Gasteiger partial charge in [-0.25, -0.2) is 0 Å². The predicted octanol–water partition coefficient (Wildman–Crippen LogP) is 1.70. The van der Waals surface area contributed by atoms with E-state index in [0.29, 0.717) is 6.04 Å². The molecule has 2 heteroatoms. The number of piperidine rings is 1. The Labute approximate surface area is 82.5 Å². The van der Waals surface area contributed by atoms with E-state index >= 15 is 0 Å². The van der Waals surface area contributed by atoms with Gasteiger partial charge in [0, 0.05) is 12.6 Å².